The van der Waals surface area contributed by atoms with Crippen molar-refractivity contribution < 1.29 is 0 Å². The van der Waals surface area contributed by atoms with Gasteiger partial charge in [-0.25, -0.2) is 15.0 Å². The quantitative estimate of drug-likeness (QED) is 0.145. The highest BCUT2D eigenvalue weighted by Crippen LogP contribution is 2.42. The molecule has 80 heavy (non-hydrogen) atoms. The van der Waals surface area contributed by atoms with Crippen LogP contribution in [0.25, 0.3) is 134 Å². The third kappa shape index (κ3) is 8.83. The fourth-order valence-corrected chi connectivity index (χ4v) is 11.5. The number of hydrogen-bond donors (Lipinski definition) is 0. The zero-order valence-electron chi connectivity index (χ0n) is 45.8. The first-order chi connectivity index (χ1) is 39.0. The summed E-state index contributed by atoms with van der Waals surface area (Å²) in [5.74, 6) is 1.82. The van der Waals surface area contributed by atoms with E-state index in [1.54, 1.807) is 0 Å². The van der Waals surface area contributed by atoms with Gasteiger partial charge in [0, 0.05) is 49.6 Å². The number of benzene rings is 11. The lowest BCUT2D eigenvalue weighted by Gasteiger charge is -2.16. The van der Waals surface area contributed by atoms with Crippen LogP contribution in [-0.4, -0.2) is 24.1 Å². The molecule has 0 aliphatic heterocycles. The average Bonchev–Trinajstić information content (AvgIpc) is 4.02. The van der Waals surface area contributed by atoms with Crippen LogP contribution in [-0.2, 0) is 0 Å². The molecule has 0 aliphatic rings. The summed E-state index contributed by atoms with van der Waals surface area (Å²) >= 11 is 0. The third-order valence-corrected chi connectivity index (χ3v) is 16.0. The molecule has 0 amide bonds. The Hall–Kier alpha value is -9.97. The third-order valence-electron chi connectivity index (χ3n) is 16.0. The van der Waals surface area contributed by atoms with E-state index in [4.69, 9.17) is 15.0 Å². The monoisotopic (exact) mass is 1030 g/mol. The lowest BCUT2D eigenvalue weighted by Crippen LogP contribution is -2.03. The number of fused-ring (bicyclic) bond motifs is 6. The van der Waals surface area contributed by atoms with Gasteiger partial charge < -0.3 is 9.13 Å². The molecule has 0 atom stereocenters. The summed E-state index contributed by atoms with van der Waals surface area (Å²) in [6.45, 7) is 12.8. The molecule has 0 bridgehead atoms. The summed E-state index contributed by atoms with van der Waals surface area (Å²) in [4.78, 5) is 16.0. The van der Waals surface area contributed by atoms with E-state index >= 15 is 0 Å². The normalized spacial score (nSPS) is 11.6. The van der Waals surface area contributed by atoms with E-state index in [9.17, 15) is 0 Å². The average molecular weight is 1030 g/mol. The second kappa shape index (κ2) is 19.5. The Kier molecular flexibility index (Phi) is 11.8. The number of rotatable bonds is 9. The van der Waals surface area contributed by atoms with Gasteiger partial charge in [-0.05, 0) is 153 Å². The van der Waals surface area contributed by atoms with E-state index in [0.29, 0.717) is 17.5 Å². The molecule has 0 N–H and O–H groups in total. The first-order valence-corrected chi connectivity index (χ1v) is 27.5. The summed E-state index contributed by atoms with van der Waals surface area (Å²) in [5, 5.41) is 4.69. The zero-order chi connectivity index (χ0) is 54.2. The maximum Gasteiger partial charge on any atom is 0.164 e. The molecule has 0 saturated carbocycles. The van der Waals surface area contributed by atoms with Crippen LogP contribution < -0.4 is 0 Å². The fourth-order valence-electron chi connectivity index (χ4n) is 11.5. The molecule has 3 aromatic heterocycles. The van der Waals surface area contributed by atoms with Gasteiger partial charge in [0.15, 0.2) is 17.5 Å². The van der Waals surface area contributed by atoms with Crippen molar-refractivity contribution in [1.29, 1.82) is 0 Å². The summed E-state index contributed by atoms with van der Waals surface area (Å²) in [5.41, 5.74) is 25.8. The van der Waals surface area contributed by atoms with E-state index in [0.717, 1.165) is 50.1 Å². The van der Waals surface area contributed by atoms with Gasteiger partial charge in [-0.3, -0.25) is 0 Å². The standard InChI is InChI=1S/C75H57N5/c1-46-7-19-52(20-8-46)58-31-35-69-65(41-58)66-42-59(53-21-9-47(2)10-22-53)32-36-70(66)79(69)63-39-62(75-77-73(56-27-15-50(5)16-28-56)76-74(78-75)57-29-17-51(6)18-30-57)40-64(45-63)80-71-37-33-60(54-23-11-48(3)12-24-54)43-67(71)68-44-61(34-38-72(68)80)55-25-13-49(4)14-26-55/h7-45H,1-6H3. The van der Waals surface area contributed by atoms with Crippen LogP contribution >= 0.6 is 0 Å². The second-order valence-electron chi connectivity index (χ2n) is 21.8. The number of nitrogens with zero attached hydrogens (tertiary/aromatic N) is 5. The minimum atomic E-state index is 0.586. The molecular formula is C75H57N5. The fraction of sp³-hybridized carbons (Fsp3) is 0.0800. The lowest BCUT2D eigenvalue weighted by molar-refractivity contribution is 1.07. The number of hydrogen-bond acceptors (Lipinski definition) is 3. The van der Waals surface area contributed by atoms with Crippen molar-refractivity contribution in [2.75, 3.05) is 0 Å². The van der Waals surface area contributed by atoms with Gasteiger partial charge in [-0.1, -0.05) is 203 Å². The Morgan fingerprint density at radius 3 is 0.662 bits per heavy atom. The molecule has 5 nitrogen and oxygen atoms in total. The van der Waals surface area contributed by atoms with E-state index < -0.39 is 0 Å². The molecule has 5 heteroatoms. The van der Waals surface area contributed by atoms with Crippen molar-refractivity contribution in [3.05, 3.63) is 270 Å². The lowest BCUT2D eigenvalue weighted by atomic mass is 9.99. The summed E-state index contributed by atoms with van der Waals surface area (Å²) < 4.78 is 4.88. The molecule has 0 radical (unpaired) electrons. The predicted molar refractivity (Wildman–Crippen MR) is 335 cm³/mol. The Morgan fingerprint density at radius 2 is 0.412 bits per heavy atom. The van der Waals surface area contributed by atoms with Crippen molar-refractivity contribution in [2.24, 2.45) is 0 Å². The van der Waals surface area contributed by atoms with Gasteiger partial charge in [0.1, 0.15) is 0 Å². The Balaban J connectivity index is 1.07. The molecule has 3 heterocycles. The summed E-state index contributed by atoms with van der Waals surface area (Å²) in [6.07, 6.45) is 0. The second-order valence-corrected chi connectivity index (χ2v) is 21.8. The van der Waals surface area contributed by atoms with E-state index in [2.05, 4.69) is 287 Å². The molecule has 11 aromatic carbocycles. The van der Waals surface area contributed by atoms with Crippen LogP contribution in [0.2, 0.25) is 0 Å². The molecule has 14 rings (SSSR count). The summed E-state index contributed by atoms with van der Waals surface area (Å²) in [6, 6.07) is 87.0. The largest absolute Gasteiger partial charge is 0.309 e. The Morgan fingerprint density at radius 1 is 0.200 bits per heavy atom. The zero-order valence-corrected chi connectivity index (χ0v) is 45.8. The van der Waals surface area contributed by atoms with Crippen LogP contribution in [0.1, 0.15) is 33.4 Å². The van der Waals surface area contributed by atoms with Gasteiger partial charge in [0.05, 0.1) is 22.1 Å². The first-order valence-electron chi connectivity index (χ1n) is 27.5. The molecule has 0 saturated heterocycles. The van der Waals surface area contributed by atoms with Crippen molar-refractivity contribution >= 4 is 43.6 Å². The molecule has 14 aromatic rings. The highest BCUT2D eigenvalue weighted by Gasteiger charge is 2.22. The molecule has 0 fully saturated rings. The minimum Gasteiger partial charge on any atom is -0.309 e. The van der Waals surface area contributed by atoms with Crippen molar-refractivity contribution in [3.8, 4) is 90.0 Å². The maximum absolute atomic E-state index is 5.41. The molecule has 0 aliphatic carbocycles. The minimum absolute atomic E-state index is 0.586. The molecular weight excluding hydrogens is 971 g/mol. The molecule has 0 spiro atoms. The molecule has 0 unspecified atom stereocenters. The van der Waals surface area contributed by atoms with Crippen molar-refractivity contribution in [3.63, 3.8) is 0 Å². The summed E-state index contributed by atoms with van der Waals surface area (Å²) in [7, 11) is 0. The Labute approximate surface area is 466 Å². The van der Waals surface area contributed by atoms with Gasteiger partial charge in [-0.15, -0.1) is 0 Å². The van der Waals surface area contributed by atoms with Gasteiger partial charge in [0.2, 0.25) is 0 Å². The molecule has 382 valence electrons. The van der Waals surface area contributed by atoms with E-state index in [-0.39, 0.29) is 0 Å². The maximum atomic E-state index is 5.41. The number of aryl methyl sites for hydroxylation is 6. The van der Waals surface area contributed by atoms with Gasteiger partial charge >= 0.3 is 0 Å². The van der Waals surface area contributed by atoms with Gasteiger partial charge in [-0.2, -0.15) is 0 Å². The van der Waals surface area contributed by atoms with Crippen molar-refractivity contribution in [2.45, 2.75) is 41.5 Å². The predicted octanol–water partition coefficient (Wildman–Crippen LogP) is 19.6. The SMILES string of the molecule is Cc1ccc(-c2ccc3c(c2)c2cc(-c4ccc(C)cc4)ccc2n3-c2cc(-c3nc(-c4ccc(C)cc4)nc(-c4ccc(C)cc4)n3)cc(-n3c4ccc(-c5ccc(C)cc5)cc4c4cc(-c5ccc(C)cc5)ccc43)c2)cc1. The van der Waals surface area contributed by atoms with Crippen LogP contribution in [0, 0.1) is 41.5 Å². The highest BCUT2D eigenvalue weighted by molar-refractivity contribution is 6.13. The highest BCUT2D eigenvalue weighted by atomic mass is 15.0. The van der Waals surface area contributed by atoms with Crippen LogP contribution in [0.3, 0.4) is 0 Å². The van der Waals surface area contributed by atoms with Crippen LogP contribution in [0.4, 0.5) is 0 Å². The topological polar surface area (TPSA) is 48.5 Å². The van der Waals surface area contributed by atoms with E-state index in [1.165, 1.54) is 99.4 Å². The number of aromatic nitrogens is 5. The van der Waals surface area contributed by atoms with Gasteiger partial charge in [0.25, 0.3) is 0 Å². The van der Waals surface area contributed by atoms with Crippen LogP contribution in [0.5, 0.6) is 0 Å². The Bertz CT molecular complexity index is 4200. The van der Waals surface area contributed by atoms with Crippen LogP contribution in [0.15, 0.2) is 237 Å². The first kappa shape index (κ1) is 48.4. The van der Waals surface area contributed by atoms with Crippen molar-refractivity contribution in [1.82, 2.24) is 24.1 Å². The smallest absolute Gasteiger partial charge is 0.164 e. The van der Waals surface area contributed by atoms with E-state index in [1.807, 2.05) is 0 Å².